The van der Waals surface area contributed by atoms with E-state index >= 15 is 4.39 Å². The van der Waals surface area contributed by atoms with Gasteiger partial charge in [0.15, 0.2) is 5.82 Å². The van der Waals surface area contributed by atoms with Gasteiger partial charge in [0.25, 0.3) is 5.91 Å². The van der Waals surface area contributed by atoms with E-state index in [0.29, 0.717) is 52.7 Å². The van der Waals surface area contributed by atoms with Gasteiger partial charge < -0.3 is 14.5 Å². The minimum Gasteiger partial charge on any atom is -0.497 e. The average molecular weight is 625 g/mol. The molecule has 226 valence electrons. The first-order chi connectivity index (χ1) is 21.8. The van der Waals surface area contributed by atoms with Crippen LogP contribution in [0.4, 0.5) is 20.2 Å². The second-order valence-corrected chi connectivity index (χ2v) is 11.7. The molecule has 2 aliphatic rings. The van der Waals surface area contributed by atoms with E-state index in [1.807, 2.05) is 29.2 Å². The van der Waals surface area contributed by atoms with Crippen LogP contribution in [0.5, 0.6) is 5.75 Å². The van der Waals surface area contributed by atoms with Gasteiger partial charge in [-0.05, 0) is 29.1 Å². The zero-order chi connectivity index (χ0) is 31.4. The van der Waals surface area contributed by atoms with Gasteiger partial charge in [-0.2, -0.15) is 5.26 Å². The summed E-state index contributed by atoms with van der Waals surface area (Å²) in [6, 6.07) is 17.3. The molecule has 1 amide bonds. The summed E-state index contributed by atoms with van der Waals surface area (Å²) in [7, 11) is 3.30. The Bertz CT molecular complexity index is 2030. The molecule has 11 heteroatoms. The van der Waals surface area contributed by atoms with E-state index in [1.165, 1.54) is 12.3 Å². The normalized spacial score (nSPS) is 18.2. The van der Waals surface area contributed by atoms with Gasteiger partial charge in [-0.1, -0.05) is 48.0 Å². The van der Waals surface area contributed by atoms with Crippen LogP contribution in [0.3, 0.4) is 0 Å². The first-order valence-corrected chi connectivity index (χ1v) is 14.8. The van der Waals surface area contributed by atoms with Crippen molar-refractivity contribution in [2.24, 2.45) is 0 Å². The monoisotopic (exact) mass is 624 g/mol. The number of anilines is 2. The smallest absolute Gasteiger partial charge is 0.250 e. The number of benzene rings is 3. The predicted molar refractivity (Wildman–Crippen MR) is 169 cm³/mol. The fourth-order valence-electron chi connectivity index (χ4n) is 6.54. The average Bonchev–Trinajstić information content (AvgIpc) is 3.06. The fraction of sp³-hybridized carbons (Fsp3) is 0.235. The molecule has 3 aromatic carbocycles. The maximum absolute atomic E-state index is 16.4. The number of pyridine rings is 2. The highest BCUT2D eigenvalue weighted by molar-refractivity contribution is 6.36. The van der Waals surface area contributed by atoms with E-state index in [4.69, 9.17) is 16.3 Å². The Labute approximate surface area is 263 Å². The van der Waals surface area contributed by atoms with Crippen LogP contribution < -0.4 is 14.5 Å². The number of carbonyl (C=O) groups is 1. The number of fused-ring (bicyclic) bond motifs is 6. The molecule has 0 N–H and O–H groups in total. The minimum atomic E-state index is -0.675. The Hall–Kier alpha value is -4.85. The van der Waals surface area contributed by atoms with Crippen LogP contribution in [0.25, 0.3) is 32.9 Å². The van der Waals surface area contributed by atoms with E-state index in [-0.39, 0.29) is 34.6 Å². The summed E-state index contributed by atoms with van der Waals surface area (Å²) in [5.41, 5.74) is 2.62. The Balaban J connectivity index is 1.32. The molecule has 2 atom stereocenters. The van der Waals surface area contributed by atoms with Crippen molar-refractivity contribution in [1.29, 1.82) is 5.26 Å². The van der Waals surface area contributed by atoms with Gasteiger partial charge >= 0.3 is 0 Å². The largest absolute Gasteiger partial charge is 0.497 e. The van der Waals surface area contributed by atoms with Crippen molar-refractivity contribution in [1.82, 2.24) is 14.9 Å². The van der Waals surface area contributed by atoms with Crippen LogP contribution in [0.2, 0.25) is 5.02 Å². The van der Waals surface area contributed by atoms with Crippen molar-refractivity contribution in [2.45, 2.75) is 25.0 Å². The number of amides is 1. The van der Waals surface area contributed by atoms with Crippen LogP contribution in [-0.4, -0.2) is 60.1 Å². The standard InChI is InChI=1S/C34H27ClF2N6O2/c1-41-26-15-40-32-24(14-39-31(30(32)37)23-5-3-4-20-8-11-25(36)29(35)28(20)23)33(26)43-17-21(12-13-38)42(18-27(43)34(41)44)16-19-6-9-22(45-2)10-7-19/h3-11,14-15,21,27H,12,16-18H2,1-2H3. The topological polar surface area (TPSA) is 85.6 Å². The lowest BCUT2D eigenvalue weighted by Crippen LogP contribution is -2.65. The number of nitriles is 1. The van der Waals surface area contributed by atoms with Gasteiger partial charge in [-0.25, -0.2) is 8.78 Å². The second-order valence-electron chi connectivity index (χ2n) is 11.3. The molecular formula is C34H27ClF2N6O2. The van der Waals surface area contributed by atoms with Crippen molar-refractivity contribution in [3.05, 3.63) is 89.2 Å². The first kappa shape index (κ1) is 28.9. The summed E-state index contributed by atoms with van der Waals surface area (Å²) in [5, 5.41) is 11.1. The molecule has 0 saturated carbocycles. The molecule has 5 aromatic rings. The maximum Gasteiger partial charge on any atom is 0.250 e. The lowest BCUT2D eigenvalue weighted by atomic mass is 9.96. The molecule has 2 unspecified atom stereocenters. The third-order valence-corrected chi connectivity index (χ3v) is 9.21. The molecule has 2 aromatic heterocycles. The Morgan fingerprint density at radius 3 is 2.62 bits per heavy atom. The molecule has 45 heavy (non-hydrogen) atoms. The van der Waals surface area contributed by atoms with Crippen LogP contribution in [0, 0.1) is 23.0 Å². The summed E-state index contributed by atoms with van der Waals surface area (Å²) >= 11 is 6.35. The Morgan fingerprint density at radius 2 is 1.87 bits per heavy atom. The van der Waals surface area contributed by atoms with Gasteiger partial charge in [-0.3, -0.25) is 19.7 Å². The molecule has 1 saturated heterocycles. The van der Waals surface area contributed by atoms with Crippen LogP contribution in [-0.2, 0) is 11.3 Å². The van der Waals surface area contributed by atoms with Gasteiger partial charge in [0, 0.05) is 55.3 Å². The molecular weight excluding hydrogens is 598 g/mol. The number of hydrogen-bond acceptors (Lipinski definition) is 7. The molecule has 8 nitrogen and oxygen atoms in total. The fourth-order valence-corrected chi connectivity index (χ4v) is 6.82. The summed E-state index contributed by atoms with van der Waals surface area (Å²) in [6.07, 6.45) is 3.30. The molecule has 4 heterocycles. The quantitative estimate of drug-likeness (QED) is 0.226. The number of hydrogen-bond donors (Lipinski definition) is 0. The number of aromatic nitrogens is 2. The number of piperazine rings is 1. The summed E-state index contributed by atoms with van der Waals surface area (Å²) < 4.78 is 36.2. The van der Waals surface area contributed by atoms with Crippen molar-refractivity contribution in [3.8, 4) is 23.1 Å². The zero-order valence-electron chi connectivity index (χ0n) is 24.5. The molecule has 0 radical (unpaired) electrons. The second kappa shape index (κ2) is 11.3. The maximum atomic E-state index is 16.4. The highest BCUT2D eigenvalue weighted by Gasteiger charge is 2.44. The van der Waals surface area contributed by atoms with Crippen molar-refractivity contribution >= 4 is 50.6 Å². The predicted octanol–water partition coefficient (Wildman–Crippen LogP) is 6.34. The van der Waals surface area contributed by atoms with Crippen molar-refractivity contribution < 1.29 is 18.3 Å². The van der Waals surface area contributed by atoms with E-state index in [1.54, 1.807) is 49.5 Å². The number of ether oxygens (including phenoxy) is 1. The molecule has 0 aliphatic carbocycles. The molecule has 2 aliphatic heterocycles. The van der Waals surface area contributed by atoms with Crippen LogP contribution in [0.15, 0.2) is 67.0 Å². The highest BCUT2D eigenvalue weighted by atomic mass is 35.5. The number of methoxy groups -OCH3 is 1. The van der Waals surface area contributed by atoms with Crippen molar-refractivity contribution in [2.75, 3.05) is 37.0 Å². The van der Waals surface area contributed by atoms with Crippen molar-refractivity contribution in [3.63, 3.8) is 0 Å². The minimum absolute atomic E-state index is 0.00323. The summed E-state index contributed by atoms with van der Waals surface area (Å²) in [5.74, 6) is -0.651. The molecule has 0 spiro atoms. The number of halogens is 3. The number of carbonyl (C=O) groups excluding carboxylic acids is 1. The Kier molecular flexibility index (Phi) is 7.23. The lowest BCUT2D eigenvalue weighted by molar-refractivity contribution is -0.121. The number of nitrogens with zero attached hydrogens (tertiary/aromatic N) is 6. The van der Waals surface area contributed by atoms with E-state index < -0.39 is 17.7 Å². The van der Waals surface area contributed by atoms with E-state index in [0.717, 1.165) is 11.3 Å². The zero-order valence-corrected chi connectivity index (χ0v) is 25.2. The number of likely N-dealkylation sites (N-methyl/N-ethyl adjacent to an activating group) is 1. The van der Waals surface area contributed by atoms with E-state index in [9.17, 15) is 14.4 Å². The van der Waals surface area contributed by atoms with E-state index in [2.05, 4.69) is 20.9 Å². The Morgan fingerprint density at radius 1 is 1.07 bits per heavy atom. The third kappa shape index (κ3) is 4.71. The third-order valence-electron chi connectivity index (χ3n) is 8.84. The van der Waals surface area contributed by atoms with Gasteiger partial charge in [0.1, 0.15) is 28.8 Å². The number of rotatable bonds is 5. The van der Waals surface area contributed by atoms with Crippen LogP contribution >= 0.6 is 11.6 Å². The first-order valence-electron chi connectivity index (χ1n) is 14.4. The lowest BCUT2D eigenvalue weighted by Gasteiger charge is -2.50. The van der Waals surface area contributed by atoms with Gasteiger partial charge in [0.2, 0.25) is 0 Å². The molecule has 0 bridgehead atoms. The molecule has 7 rings (SSSR count). The highest BCUT2D eigenvalue weighted by Crippen LogP contribution is 2.44. The van der Waals surface area contributed by atoms with Gasteiger partial charge in [-0.15, -0.1) is 0 Å². The SMILES string of the molecule is COc1ccc(CN2CC3C(=O)N(C)c4cnc5c(F)c(-c6cccc7ccc(F)c(Cl)c67)ncc5c4N3CC2CC#N)cc1. The summed E-state index contributed by atoms with van der Waals surface area (Å²) in [6.45, 7) is 1.30. The summed E-state index contributed by atoms with van der Waals surface area (Å²) in [4.78, 5) is 28.4. The van der Waals surface area contributed by atoms with Gasteiger partial charge in [0.05, 0.1) is 42.2 Å². The molecule has 1 fully saturated rings. The van der Waals surface area contributed by atoms with Crippen LogP contribution in [0.1, 0.15) is 12.0 Å².